The lowest BCUT2D eigenvalue weighted by Gasteiger charge is -2.27. The van der Waals surface area contributed by atoms with Crippen LogP contribution in [-0.4, -0.2) is 11.5 Å². The molecule has 0 radical (unpaired) electrons. The molecule has 0 bridgehead atoms. The van der Waals surface area contributed by atoms with E-state index in [1.807, 2.05) is 12.3 Å². The van der Waals surface area contributed by atoms with Gasteiger partial charge in [-0.2, -0.15) is 0 Å². The largest absolute Gasteiger partial charge is 0.310 e. The third kappa shape index (κ3) is 1.44. The average molecular weight is 213 g/mol. The molecule has 11 heavy (non-hydrogen) atoms. The molecule has 2 nitrogen and oxygen atoms in total. The highest BCUT2D eigenvalue weighted by atomic mass is 79.9. The molecule has 1 fully saturated rings. The van der Waals surface area contributed by atoms with Gasteiger partial charge in [-0.1, -0.05) is 6.07 Å². The summed E-state index contributed by atoms with van der Waals surface area (Å²) in [5, 5.41) is 3.33. The first-order valence-electron chi connectivity index (χ1n) is 3.71. The number of nitrogens with one attached hydrogen (secondary N) is 1. The minimum Gasteiger partial charge on any atom is -0.310 e. The molecule has 0 unspecified atom stereocenters. The van der Waals surface area contributed by atoms with Gasteiger partial charge in [0.05, 0.1) is 0 Å². The Morgan fingerprint density at radius 2 is 2.36 bits per heavy atom. The second kappa shape index (κ2) is 2.91. The van der Waals surface area contributed by atoms with E-state index in [1.54, 1.807) is 0 Å². The highest BCUT2D eigenvalue weighted by molar-refractivity contribution is 9.10. The van der Waals surface area contributed by atoms with Gasteiger partial charge in [0.15, 0.2) is 0 Å². The molecular formula is C8H9BrN2. The Kier molecular flexibility index (Phi) is 1.92. The lowest BCUT2D eigenvalue weighted by molar-refractivity contribution is 0.382. The minimum absolute atomic E-state index is 0.551. The molecule has 0 aliphatic carbocycles. The molecule has 1 aromatic heterocycles. The maximum absolute atomic E-state index is 4.16. The number of aromatic nitrogens is 1. The van der Waals surface area contributed by atoms with Crippen LogP contribution in [0.3, 0.4) is 0 Å². The van der Waals surface area contributed by atoms with Gasteiger partial charge in [0, 0.05) is 12.2 Å². The summed E-state index contributed by atoms with van der Waals surface area (Å²) in [6.45, 7) is 1.14. The lowest BCUT2D eigenvalue weighted by atomic mass is 10.0. The number of rotatable bonds is 1. The van der Waals surface area contributed by atoms with Crippen molar-refractivity contribution in [3.8, 4) is 0 Å². The molecule has 1 N–H and O–H groups in total. The Balaban J connectivity index is 2.18. The molecule has 2 heterocycles. The van der Waals surface area contributed by atoms with Crippen LogP contribution in [0.15, 0.2) is 22.9 Å². The van der Waals surface area contributed by atoms with E-state index in [4.69, 9.17) is 0 Å². The van der Waals surface area contributed by atoms with Crippen LogP contribution in [0.2, 0.25) is 0 Å². The van der Waals surface area contributed by atoms with Crippen LogP contribution in [-0.2, 0) is 0 Å². The van der Waals surface area contributed by atoms with Crippen molar-refractivity contribution in [2.75, 3.05) is 6.54 Å². The summed E-state index contributed by atoms with van der Waals surface area (Å²) in [5.74, 6) is 0. The average Bonchev–Trinajstić information content (AvgIpc) is 1.90. The SMILES string of the molecule is Brc1ccc([C@@H]2CCN2)cn1. The summed E-state index contributed by atoms with van der Waals surface area (Å²) in [4.78, 5) is 4.16. The Labute approximate surface area is 74.2 Å². The fourth-order valence-electron chi connectivity index (χ4n) is 1.17. The van der Waals surface area contributed by atoms with Crippen molar-refractivity contribution in [2.45, 2.75) is 12.5 Å². The van der Waals surface area contributed by atoms with Crippen LogP contribution >= 0.6 is 15.9 Å². The molecule has 58 valence electrons. The van der Waals surface area contributed by atoms with Gasteiger partial charge in [0.2, 0.25) is 0 Å². The van der Waals surface area contributed by atoms with Gasteiger partial charge >= 0.3 is 0 Å². The van der Waals surface area contributed by atoms with Crippen LogP contribution in [0.4, 0.5) is 0 Å². The normalized spacial score (nSPS) is 22.8. The molecule has 0 spiro atoms. The van der Waals surface area contributed by atoms with E-state index < -0.39 is 0 Å². The van der Waals surface area contributed by atoms with Gasteiger partial charge in [-0.05, 0) is 40.5 Å². The third-order valence-corrected chi connectivity index (χ3v) is 2.45. The number of pyridine rings is 1. The van der Waals surface area contributed by atoms with Crippen LogP contribution in [0.25, 0.3) is 0 Å². The fraction of sp³-hybridized carbons (Fsp3) is 0.375. The van der Waals surface area contributed by atoms with Crippen molar-refractivity contribution in [2.24, 2.45) is 0 Å². The summed E-state index contributed by atoms with van der Waals surface area (Å²) >= 11 is 3.30. The van der Waals surface area contributed by atoms with Crippen molar-refractivity contribution in [1.29, 1.82) is 0 Å². The van der Waals surface area contributed by atoms with E-state index >= 15 is 0 Å². The first kappa shape index (κ1) is 7.25. The molecular weight excluding hydrogens is 204 g/mol. The van der Waals surface area contributed by atoms with Crippen molar-refractivity contribution < 1.29 is 0 Å². The smallest absolute Gasteiger partial charge is 0.106 e. The number of hydrogen-bond donors (Lipinski definition) is 1. The molecule has 0 amide bonds. The quantitative estimate of drug-likeness (QED) is 0.720. The van der Waals surface area contributed by atoms with Crippen LogP contribution in [0, 0.1) is 0 Å². The minimum atomic E-state index is 0.551. The Bertz CT molecular complexity index is 241. The van der Waals surface area contributed by atoms with Crippen LogP contribution in [0.1, 0.15) is 18.0 Å². The molecule has 1 aliphatic heterocycles. The van der Waals surface area contributed by atoms with Gasteiger partial charge in [-0.15, -0.1) is 0 Å². The highest BCUT2D eigenvalue weighted by Gasteiger charge is 2.17. The van der Waals surface area contributed by atoms with Crippen molar-refractivity contribution >= 4 is 15.9 Å². The molecule has 0 aromatic carbocycles. The van der Waals surface area contributed by atoms with E-state index in [0.717, 1.165) is 11.1 Å². The van der Waals surface area contributed by atoms with Gasteiger partial charge in [-0.3, -0.25) is 0 Å². The zero-order valence-electron chi connectivity index (χ0n) is 6.05. The predicted molar refractivity (Wildman–Crippen MR) is 47.3 cm³/mol. The second-order valence-corrected chi connectivity index (χ2v) is 3.52. The summed E-state index contributed by atoms with van der Waals surface area (Å²) < 4.78 is 0.903. The monoisotopic (exact) mass is 212 g/mol. The summed E-state index contributed by atoms with van der Waals surface area (Å²) in [5.41, 5.74) is 1.29. The predicted octanol–water partition coefficient (Wildman–Crippen LogP) is 1.88. The van der Waals surface area contributed by atoms with Gasteiger partial charge in [-0.25, -0.2) is 4.98 Å². The van der Waals surface area contributed by atoms with Crippen LogP contribution < -0.4 is 5.32 Å². The molecule has 1 aromatic rings. The topological polar surface area (TPSA) is 24.9 Å². The lowest BCUT2D eigenvalue weighted by Crippen LogP contribution is -2.34. The van der Waals surface area contributed by atoms with E-state index in [9.17, 15) is 0 Å². The van der Waals surface area contributed by atoms with E-state index in [1.165, 1.54) is 12.0 Å². The zero-order chi connectivity index (χ0) is 7.68. The Morgan fingerprint density at radius 1 is 1.55 bits per heavy atom. The number of halogens is 1. The van der Waals surface area contributed by atoms with Gasteiger partial charge in [0.1, 0.15) is 4.60 Å². The van der Waals surface area contributed by atoms with E-state index in [-0.39, 0.29) is 0 Å². The third-order valence-electron chi connectivity index (χ3n) is 1.98. The first-order chi connectivity index (χ1) is 5.36. The molecule has 2 rings (SSSR count). The van der Waals surface area contributed by atoms with Crippen molar-refractivity contribution in [3.63, 3.8) is 0 Å². The zero-order valence-corrected chi connectivity index (χ0v) is 7.63. The number of nitrogens with zero attached hydrogens (tertiary/aromatic N) is 1. The summed E-state index contributed by atoms with van der Waals surface area (Å²) in [6.07, 6.45) is 3.16. The van der Waals surface area contributed by atoms with Crippen LogP contribution in [0.5, 0.6) is 0 Å². The van der Waals surface area contributed by atoms with Crippen molar-refractivity contribution in [1.82, 2.24) is 10.3 Å². The molecule has 0 saturated carbocycles. The van der Waals surface area contributed by atoms with E-state index in [2.05, 4.69) is 32.3 Å². The standard InChI is InChI=1S/C8H9BrN2/c9-8-2-1-6(5-11-8)7-3-4-10-7/h1-2,5,7,10H,3-4H2/t7-/m0/s1. The molecule has 1 saturated heterocycles. The molecule has 1 aliphatic rings. The Hall–Kier alpha value is -0.410. The first-order valence-corrected chi connectivity index (χ1v) is 4.50. The Morgan fingerprint density at radius 3 is 2.82 bits per heavy atom. The summed E-state index contributed by atoms with van der Waals surface area (Å²) in [6, 6.07) is 4.64. The molecule has 1 atom stereocenters. The fourth-order valence-corrected chi connectivity index (χ4v) is 1.40. The maximum Gasteiger partial charge on any atom is 0.106 e. The van der Waals surface area contributed by atoms with Gasteiger partial charge in [0.25, 0.3) is 0 Å². The van der Waals surface area contributed by atoms with E-state index in [0.29, 0.717) is 6.04 Å². The second-order valence-electron chi connectivity index (χ2n) is 2.71. The van der Waals surface area contributed by atoms with Crippen molar-refractivity contribution in [3.05, 3.63) is 28.5 Å². The summed E-state index contributed by atoms with van der Waals surface area (Å²) in [7, 11) is 0. The molecule has 3 heteroatoms. The van der Waals surface area contributed by atoms with Gasteiger partial charge < -0.3 is 5.32 Å². The highest BCUT2D eigenvalue weighted by Crippen LogP contribution is 2.22. The maximum atomic E-state index is 4.16. The number of hydrogen-bond acceptors (Lipinski definition) is 2.